The maximum atomic E-state index is 3.65. The Bertz CT molecular complexity index is 405. The summed E-state index contributed by atoms with van der Waals surface area (Å²) < 4.78 is 1.33. The Morgan fingerprint density at radius 1 is 1.21 bits per heavy atom. The molecule has 0 saturated heterocycles. The molecular formula is C12H12BBr. The molecule has 0 aliphatic heterocycles. The zero-order valence-corrected chi connectivity index (χ0v) is 9.84. The number of hydrogen-bond acceptors (Lipinski definition) is 0. The minimum absolute atomic E-state index is 1.13. The fourth-order valence-corrected chi connectivity index (χ4v) is 2.32. The van der Waals surface area contributed by atoms with Crippen molar-refractivity contribution in [1.82, 2.24) is 0 Å². The lowest BCUT2D eigenvalue weighted by Gasteiger charge is -2.13. The summed E-state index contributed by atoms with van der Waals surface area (Å²) in [5, 5.41) is 0. The van der Waals surface area contributed by atoms with Crippen molar-refractivity contribution >= 4 is 34.8 Å². The van der Waals surface area contributed by atoms with E-state index in [1.165, 1.54) is 21.1 Å². The monoisotopic (exact) mass is 246 g/mol. The van der Waals surface area contributed by atoms with Crippen LogP contribution in [0.2, 0.25) is 0 Å². The van der Waals surface area contributed by atoms with Gasteiger partial charge >= 0.3 is 0 Å². The van der Waals surface area contributed by atoms with E-state index in [9.17, 15) is 0 Å². The predicted octanol–water partition coefficient (Wildman–Crippen LogP) is 2.40. The summed E-state index contributed by atoms with van der Waals surface area (Å²) in [5.41, 5.74) is 4.02. The predicted molar refractivity (Wildman–Crippen MR) is 68.8 cm³/mol. The highest BCUT2D eigenvalue weighted by molar-refractivity contribution is 9.11. The maximum Gasteiger partial charge on any atom is 0.140 e. The number of allylic oxidation sites excluding steroid dienone is 4. The van der Waals surface area contributed by atoms with Gasteiger partial charge in [-0.25, -0.2) is 0 Å². The van der Waals surface area contributed by atoms with Crippen LogP contribution in [-0.4, -0.2) is 7.85 Å². The number of rotatable bonds is 1. The van der Waals surface area contributed by atoms with Gasteiger partial charge in [0.05, 0.1) is 0 Å². The van der Waals surface area contributed by atoms with Crippen molar-refractivity contribution in [2.45, 2.75) is 12.8 Å². The topological polar surface area (TPSA) is 0 Å². The lowest BCUT2D eigenvalue weighted by molar-refractivity contribution is 1.03. The van der Waals surface area contributed by atoms with Gasteiger partial charge in [-0.05, 0) is 24.0 Å². The van der Waals surface area contributed by atoms with E-state index in [2.05, 4.69) is 60.2 Å². The molecule has 1 aromatic rings. The van der Waals surface area contributed by atoms with Gasteiger partial charge in [-0.15, -0.1) is 0 Å². The van der Waals surface area contributed by atoms with E-state index in [-0.39, 0.29) is 0 Å². The lowest BCUT2D eigenvalue weighted by atomic mass is 9.85. The molecule has 0 heterocycles. The highest BCUT2D eigenvalue weighted by Gasteiger charge is 2.08. The molecule has 0 spiro atoms. The van der Waals surface area contributed by atoms with Crippen molar-refractivity contribution in [2.75, 3.05) is 0 Å². The maximum absolute atomic E-state index is 3.65. The summed E-state index contributed by atoms with van der Waals surface area (Å²) in [6.07, 6.45) is 6.73. The third-order valence-electron chi connectivity index (χ3n) is 2.54. The quantitative estimate of drug-likeness (QED) is 0.668. The summed E-state index contributed by atoms with van der Waals surface area (Å²) in [6.45, 7) is 0. The van der Waals surface area contributed by atoms with Crippen LogP contribution in [0.1, 0.15) is 18.4 Å². The lowest BCUT2D eigenvalue weighted by Crippen LogP contribution is -2.09. The van der Waals surface area contributed by atoms with Crippen LogP contribution in [-0.2, 0) is 0 Å². The van der Waals surface area contributed by atoms with Crippen LogP contribution < -0.4 is 5.46 Å². The zero-order valence-electron chi connectivity index (χ0n) is 8.26. The molecule has 0 radical (unpaired) electrons. The third-order valence-corrected chi connectivity index (χ3v) is 3.37. The van der Waals surface area contributed by atoms with Gasteiger partial charge < -0.3 is 0 Å². The summed E-state index contributed by atoms with van der Waals surface area (Å²) >= 11 is 3.65. The zero-order chi connectivity index (χ0) is 9.97. The van der Waals surface area contributed by atoms with E-state index in [4.69, 9.17) is 0 Å². The van der Waals surface area contributed by atoms with Gasteiger partial charge in [-0.2, -0.15) is 0 Å². The number of hydrogen-bond donors (Lipinski definition) is 0. The van der Waals surface area contributed by atoms with E-state index in [1.807, 2.05) is 0 Å². The Morgan fingerprint density at radius 3 is 2.71 bits per heavy atom. The number of benzene rings is 1. The summed E-state index contributed by atoms with van der Waals surface area (Å²) in [4.78, 5) is 0. The summed E-state index contributed by atoms with van der Waals surface area (Å²) in [6, 6.07) is 8.52. The molecule has 0 atom stereocenters. The van der Waals surface area contributed by atoms with Crippen LogP contribution in [0.4, 0.5) is 0 Å². The van der Waals surface area contributed by atoms with Gasteiger partial charge in [-0.3, -0.25) is 0 Å². The normalized spacial score (nSPS) is 16.1. The van der Waals surface area contributed by atoms with Crippen LogP contribution in [0.15, 0.2) is 40.9 Å². The van der Waals surface area contributed by atoms with Crippen LogP contribution in [0.3, 0.4) is 0 Å². The van der Waals surface area contributed by atoms with Gasteiger partial charge in [0.2, 0.25) is 0 Å². The molecule has 2 heteroatoms. The van der Waals surface area contributed by atoms with E-state index in [0.717, 1.165) is 12.8 Å². The second-order valence-electron chi connectivity index (χ2n) is 3.57. The van der Waals surface area contributed by atoms with Crippen molar-refractivity contribution < 1.29 is 0 Å². The molecule has 0 aromatic heterocycles. The molecule has 70 valence electrons. The standard InChI is InChI=1S/C12H12BBr/c13-11-7-3-1-5-9(11)10-6-2-4-8-12(10)14/h1-3,5-7H,4,8,13H2. The van der Waals surface area contributed by atoms with E-state index < -0.39 is 0 Å². The molecule has 0 N–H and O–H groups in total. The SMILES string of the molecule is Bc1ccccc1C1=C(Br)CCC=C1. The molecule has 1 aromatic carbocycles. The Hall–Kier alpha value is -0.755. The molecule has 0 nitrogen and oxygen atoms in total. The van der Waals surface area contributed by atoms with E-state index in [1.54, 1.807) is 0 Å². The van der Waals surface area contributed by atoms with Crippen molar-refractivity contribution in [1.29, 1.82) is 0 Å². The molecule has 0 bridgehead atoms. The average molecular weight is 247 g/mol. The van der Waals surface area contributed by atoms with Crippen molar-refractivity contribution in [2.24, 2.45) is 0 Å². The molecule has 0 amide bonds. The molecule has 0 saturated carbocycles. The molecule has 14 heavy (non-hydrogen) atoms. The minimum Gasteiger partial charge on any atom is -0.0835 e. The van der Waals surface area contributed by atoms with E-state index >= 15 is 0 Å². The smallest absolute Gasteiger partial charge is 0.0835 e. The summed E-state index contributed by atoms with van der Waals surface area (Å²) in [5.74, 6) is 0. The molecule has 0 unspecified atom stereocenters. The van der Waals surface area contributed by atoms with Crippen molar-refractivity contribution in [3.05, 3.63) is 46.5 Å². The van der Waals surface area contributed by atoms with Gasteiger partial charge in [0.1, 0.15) is 7.85 Å². The van der Waals surface area contributed by atoms with Gasteiger partial charge in [0.15, 0.2) is 0 Å². The first kappa shape index (κ1) is 9.79. The van der Waals surface area contributed by atoms with Gasteiger partial charge in [-0.1, -0.05) is 57.8 Å². The first-order valence-corrected chi connectivity index (χ1v) is 5.69. The van der Waals surface area contributed by atoms with Crippen LogP contribution in [0, 0.1) is 0 Å². The van der Waals surface area contributed by atoms with Crippen LogP contribution >= 0.6 is 15.9 Å². The van der Waals surface area contributed by atoms with Crippen molar-refractivity contribution in [3.63, 3.8) is 0 Å². The molecule has 1 aliphatic carbocycles. The van der Waals surface area contributed by atoms with Gasteiger partial charge in [0, 0.05) is 4.48 Å². The second kappa shape index (κ2) is 4.18. The fraction of sp³-hybridized carbons (Fsp3) is 0.167. The first-order valence-electron chi connectivity index (χ1n) is 4.90. The molecular weight excluding hydrogens is 235 g/mol. The van der Waals surface area contributed by atoms with E-state index in [0.29, 0.717) is 0 Å². The Kier molecular flexibility index (Phi) is 2.92. The van der Waals surface area contributed by atoms with Crippen LogP contribution in [0.5, 0.6) is 0 Å². The first-order chi connectivity index (χ1) is 6.79. The van der Waals surface area contributed by atoms with Crippen molar-refractivity contribution in [3.8, 4) is 0 Å². The molecule has 1 aliphatic rings. The largest absolute Gasteiger partial charge is 0.140 e. The van der Waals surface area contributed by atoms with Crippen LogP contribution in [0.25, 0.3) is 5.57 Å². The highest BCUT2D eigenvalue weighted by Crippen LogP contribution is 2.30. The Balaban J connectivity index is 2.49. The summed E-state index contributed by atoms with van der Waals surface area (Å²) in [7, 11) is 2.16. The highest BCUT2D eigenvalue weighted by atomic mass is 79.9. The number of halogens is 1. The van der Waals surface area contributed by atoms with Gasteiger partial charge in [0.25, 0.3) is 0 Å². The molecule has 0 fully saturated rings. The Labute approximate surface area is 94.3 Å². The minimum atomic E-state index is 1.13. The third kappa shape index (κ3) is 1.85. The second-order valence-corrected chi connectivity index (χ2v) is 4.53. The average Bonchev–Trinajstić information content (AvgIpc) is 2.20. The molecule has 2 rings (SSSR count). The fourth-order valence-electron chi connectivity index (χ4n) is 1.75. The Morgan fingerprint density at radius 2 is 2.00 bits per heavy atom.